The first kappa shape index (κ1) is 15.6. The van der Waals surface area contributed by atoms with Gasteiger partial charge in [-0.1, -0.05) is 25.7 Å². The molecule has 2 saturated carbocycles. The lowest BCUT2D eigenvalue weighted by Crippen LogP contribution is -2.34. The molecule has 0 saturated heterocycles. The Bertz CT molecular complexity index is 767. The molecule has 2 aliphatic carbocycles. The molecule has 5 heteroatoms. The first-order valence-corrected chi connectivity index (χ1v) is 9.28. The molecule has 0 aliphatic heterocycles. The van der Waals surface area contributed by atoms with Gasteiger partial charge in [0.1, 0.15) is 0 Å². The van der Waals surface area contributed by atoms with Crippen molar-refractivity contribution in [3.8, 4) is 0 Å². The van der Waals surface area contributed by atoms with Crippen molar-refractivity contribution in [3.05, 3.63) is 23.0 Å². The van der Waals surface area contributed by atoms with Crippen LogP contribution in [-0.4, -0.2) is 26.7 Å². The van der Waals surface area contributed by atoms with Gasteiger partial charge >= 0.3 is 0 Å². The first-order chi connectivity index (χ1) is 11.6. The van der Waals surface area contributed by atoms with Crippen LogP contribution in [0.3, 0.4) is 0 Å². The normalized spacial score (nSPS) is 19.4. The van der Waals surface area contributed by atoms with Gasteiger partial charge < -0.3 is 5.32 Å². The molecule has 0 bridgehead atoms. The summed E-state index contributed by atoms with van der Waals surface area (Å²) in [4.78, 5) is 17.8. The highest BCUT2D eigenvalue weighted by molar-refractivity contribution is 6.06. The van der Waals surface area contributed by atoms with Crippen molar-refractivity contribution < 1.29 is 4.79 Å². The minimum Gasteiger partial charge on any atom is -0.349 e. The number of aromatic nitrogens is 3. The van der Waals surface area contributed by atoms with Crippen molar-refractivity contribution in [2.24, 2.45) is 7.05 Å². The number of hydrogen-bond acceptors (Lipinski definition) is 3. The van der Waals surface area contributed by atoms with E-state index in [-0.39, 0.29) is 5.91 Å². The standard InChI is InChI=1S/C19H26N4O/c1-12-17-15(19(24)20-14-7-5-3-4-6-8-14)11-16(13-9-10-13)21-18(17)23(2)22-12/h11,13-14H,3-10H2,1-2H3,(H,20,24). The van der Waals surface area contributed by atoms with Gasteiger partial charge in [-0.3, -0.25) is 9.48 Å². The van der Waals surface area contributed by atoms with Crippen LogP contribution in [0.15, 0.2) is 6.07 Å². The molecule has 0 atom stereocenters. The third-order valence-electron chi connectivity index (χ3n) is 5.42. The number of amides is 1. The predicted octanol–water partition coefficient (Wildman–Crippen LogP) is 3.61. The van der Waals surface area contributed by atoms with Crippen molar-refractivity contribution in [3.63, 3.8) is 0 Å². The van der Waals surface area contributed by atoms with Crippen LogP contribution in [0.4, 0.5) is 0 Å². The van der Waals surface area contributed by atoms with E-state index in [0.29, 0.717) is 12.0 Å². The SMILES string of the molecule is Cc1nn(C)c2nc(C3CC3)cc(C(=O)NC3CCCCCC3)c12. The highest BCUT2D eigenvalue weighted by Gasteiger charge is 2.29. The van der Waals surface area contributed by atoms with Crippen LogP contribution in [-0.2, 0) is 7.05 Å². The van der Waals surface area contributed by atoms with Crippen molar-refractivity contribution in [1.29, 1.82) is 0 Å². The zero-order valence-corrected chi connectivity index (χ0v) is 14.6. The van der Waals surface area contributed by atoms with E-state index in [1.54, 1.807) is 4.68 Å². The molecule has 24 heavy (non-hydrogen) atoms. The van der Waals surface area contributed by atoms with Crippen LogP contribution in [0.2, 0.25) is 0 Å². The molecule has 4 rings (SSSR count). The summed E-state index contributed by atoms with van der Waals surface area (Å²) < 4.78 is 1.80. The molecule has 1 amide bonds. The molecule has 5 nitrogen and oxygen atoms in total. The number of hydrogen-bond donors (Lipinski definition) is 1. The second kappa shape index (κ2) is 6.19. The summed E-state index contributed by atoms with van der Waals surface area (Å²) in [7, 11) is 1.91. The van der Waals surface area contributed by atoms with Crippen LogP contribution >= 0.6 is 0 Å². The molecule has 128 valence electrons. The molecule has 2 fully saturated rings. The fourth-order valence-corrected chi connectivity index (χ4v) is 3.92. The molecule has 0 spiro atoms. The second-order valence-electron chi connectivity index (χ2n) is 7.44. The summed E-state index contributed by atoms with van der Waals surface area (Å²) in [5.74, 6) is 0.571. The Balaban J connectivity index is 1.69. The number of nitrogens with one attached hydrogen (secondary N) is 1. The topological polar surface area (TPSA) is 59.8 Å². The van der Waals surface area contributed by atoms with E-state index >= 15 is 0 Å². The summed E-state index contributed by atoms with van der Waals surface area (Å²) in [5, 5.41) is 8.69. The number of carbonyl (C=O) groups excluding carboxylic acids is 1. The second-order valence-corrected chi connectivity index (χ2v) is 7.44. The lowest BCUT2D eigenvalue weighted by molar-refractivity contribution is 0.0935. The average Bonchev–Trinajstić information content (AvgIpc) is 3.38. The van der Waals surface area contributed by atoms with E-state index in [2.05, 4.69) is 10.4 Å². The Labute approximate surface area is 142 Å². The molecule has 2 aliphatic rings. The maximum Gasteiger partial charge on any atom is 0.252 e. The average molecular weight is 326 g/mol. The van der Waals surface area contributed by atoms with E-state index in [4.69, 9.17) is 4.98 Å². The smallest absolute Gasteiger partial charge is 0.252 e. The van der Waals surface area contributed by atoms with E-state index < -0.39 is 0 Å². The molecular formula is C19H26N4O. The Kier molecular flexibility index (Phi) is 4.02. The number of pyridine rings is 1. The Morgan fingerprint density at radius 3 is 2.54 bits per heavy atom. The van der Waals surface area contributed by atoms with Gasteiger partial charge in [0, 0.05) is 24.7 Å². The minimum atomic E-state index is 0.0484. The van der Waals surface area contributed by atoms with Crippen molar-refractivity contribution in [1.82, 2.24) is 20.1 Å². The fraction of sp³-hybridized carbons (Fsp3) is 0.632. The molecule has 1 N–H and O–H groups in total. The van der Waals surface area contributed by atoms with Crippen molar-refractivity contribution >= 4 is 16.9 Å². The van der Waals surface area contributed by atoms with Gasteiger partial charge in [0.15, 0.2) is 5.65 Å². The molecule has 0 aromatic carbocycles. The Morgan fingerprint density at radius 1 is 1.17 bits per heavy atom. The number of nitrogens with zero attached hydrogens (tertiary/aromatic N) is 3. The van der Waals surface area contributed by atoms with E-state index in [1.807, 2.05) is 20.0 Å². The molecule has 0 radical (unpaired) electrons. The number of rotatable bonds is 3. The summed E-state index contributed by atoms with van der Waals surface area (Å²) in [6, 6.07) is 2.32. The summed E-state index contributed by atoms with van der Waals surface area (Å²) in [5.41, 5.74) is 3.53. The highest BCUT2D eigenvalue weighted by atomic mass is 16.1. The summed E-state index contributed by atoms with van der Waals surface area (Å²) >= 11 is 0. The number of carbonyl (C=O) groups is 1. The van der Waals surface area contributed by atoms with E-state index in [0.717, 1.165) is 40.8 Å². The summed E-state index contributed by atoms with van der Waals surface area (Å²) in [6.07, 6.45) is 9.58. The van der Waals surface area contributed by atoms with E-state index in [1.165, 1.54) is 38.5 Å². The largest absolute Gasteiger partial charge is 0.349 e. The van der Waals surface area contributed by atoms with Crippen LogP contribution in [0, 0.1) is 6.92 Å². The maximum atomic E-state index is 13.0. The van der Waals surface area contributed by atoms with Gasteiger partial charge in [0.2, 0.25) is 0 Å². The van der Waals surface area contributed by atoms with Gasteiger partial charge in [-0.05, 0) is 38.7 Å². The third kappa shape index (κ3) is 2.92. The monoisotopic (exact) mass is 326 g/mol. The van der Waals surface area contributed by atoms with Gasteiger partial charge in [-0.2, -0.15) is 5.10 Å². The quantitative estimate of drug-likeness (QED) is 0.877. The van der Waals surface area contributed by atoms with E-state index in [9.17, 15) is 4.79 Å². The van der Waals surface area contributed by atoms with Gasteiger partial charge in [0.25, 0.3) is 5.91 Å². The molecule has 2 aromatic rings. The lowest BCUT2D eigenvalue weighted by atomic mass is 10.0. The predicted molar refractivity (Wildman–Crippen MR) is 94.2 cm³/mol. The molecule has 2 heterocycles. The van der Waals surface area contributed by atoms with Crippen LogP contribution in [0.25, 0.3) is 11.0 Å². The Morgan fingerprint density at radius 2 is 1.88 bits per heavy atom. The van der Waals surface area contributed by atoms with Crippen LogP contribution < -0.4 is 5.32 Å². The van der Waals surface area contributed by atoms with Crippen LogP contribution in [0.5, 0.6) is 0 Å². The van der Waals surface area contributed by atoms with Crippen molar-refractivity contribution in [2.45, 2.75) is 70.3 Å². The number of aryl methyl sites for hydroxylation is 2. The third-order valence-corrected chi connectivity index (χ3v) is 5.42. The molecule has 2 aromatic heterocycles. The van der Waals surface area contributed by atoms with Gasteiger partial charge in [-0.25, -0.2) is 4.98 Å². The van der Waals surface area contributed by atoms with Gasteiger partial charge in [-0.15, -0.1) is 0 Å². The minimum absolute atomic E-state index is 0.0484. The van der Waals surface area contributed by atoms with Crippen LogP contribution in [0.1, 0.15) is 79.0 Å². The fourth-order valence-electron chi connectivity index (χ4n) is 3.92. The zero-order chi connectivity index (χ0) is 16.7. The van der Waals surface area contributed by atoms with Gasteiger partial charge in [0.05, 0.1) is 16.6 Å². The zero-order valence-electron chi connectivity index (χ0n) is 14.6. The summed E-state index contributed by atoms with van der Waals surface area (Å²) in [6.45, 7) is 1.96. The number of fused-ring (bicyclic) bond motifs is 1. The van der Waals surface area contributed by atoms with Crippen molar-refractivity contribution in [2.75, 3.05) is 0 Å². The molecular weight excluding hydrogens is 300 g/mol. The Hall–Kier alpha value is -1.91. The lowest BCUT2D eigenvalue weighted by Gasteiger charge is -2.17. The highest BCUT2D eigenvalue weighted by Crippen LogP contribution is 2.40. The maximum absolute atomic E-state index is 13.0. The first-order valence-electron chi connectivity index (χ1n) is 9.28. The molecule has 0 unspecified atom stereocenters.